The van der Waals surface area contributed by atoms with E-state index in [2.05, 4.69) is 10.6 Å². The lowest BCUT2D eigenvalue weighted by atomic mass is 10.0. The predicted molar refractivity (Wildman–Crippen MR) is 167 cm³/mol. The Balaban J connectivity index is 1.39. The highest BCUT2D eigenvalue weighted by Crippen LogP contribution is 2.31. The van der Waals surface area contributed by atoms with Crippen LogP contribution < -0.4 is 16.3 Å². The summed E-state index contributed by atoms with van der Waals surface area (Å²) in [6, 6.07) is 11.3. The number of amides is 2. The zero-order valence-corrected chi connectivity index (χ0v) is 25.6. The number of aliphatic carboxylic acids is 1. The summed E-state index contributed by atoms with van der Waals surface area (Å²) in [6.45, 7) is 5.67. The van der Waals surface area contributed by atoms with Crippen LogP contribution in [0.1, 0.15) is 34.4 Å². The fourth-order valence-electron chi connectivity index (χ4n) is 4.68. The summed E-state index contributed by atoms with van der Waals surface area (Å²) in [5.74, 6) is -0.294. The third-order valence-corrected chi connectivity index (χ3v) is 8.95. The van der Waals surface area contributed by atoms with Crippen molar-refractivity contribution < 1.29 is 28.3 Å². The second kappa shape index (κ2) is 14.0. The molecule has 222 valence electrons. The number of furan rings is 1. The van der Waals surface area contributed by atoms with Crippen LogP contribution in [0.5, 0.6) is 0 Å². The van der Waals surface area contributed by atoms with E-state index in [0.29, 0.717) is 22.5 Å². The number of carbonyl (C=O) groups excluding carboxylic acids is 2. The first kappa shape index (κ1) is 31.2. The van der Waals surface area contributed by atoms with Crippen LogP contribution in [0.25, 0.3) is 21.9 Å². The van der Waals surface area contributed by atoms with E-state index in [9.17, 15) is 24.3 Å². The Hall–Kier alpha value is -3.70. The van der Waals surface area contributed by atoms with Crippen LogP contribution in [-0.4, -0.2) is 52.7 Å². The first-order valence-electron chi connectivity index (χ1n) is 13.5. The van der Waals surface area contributed by atoms with E-state index >= 15 is 0 Å². The van der Waals surface area contributed by atoms with Gasteiger partial charge in [-0.2, -0.15) is 23.5 Å². The Morgan fingerprint density at radius 1 is 0.905 bits per heavy atom. The lowest BCUT2D eigenvalue weighted by molar-refractivity contribution is -0.141. The number of hydrogen-bond acceptors (Lipinski definition) is 8. The number of nitrogens with one attached hydrogen (secondary N) is 2. The number of aryl methyl sites for hydroxylation is 3. The molecule has 2 atom stereocenters. The molecule has 0 radical (unpaired) electrons. The molecule has 4 aromatic rings. The van der Waals surface area contributed by atoms with Gasteiger partial charge in [-0.15, -0.1) is 0 Å². The number of carboxylic acid groups (broad SMARTS) is 1. The lowest BCUT2D eigenvalue weighted by Crippen LogP contribution is -2.53. The Morgan fingerprint density at radius 3 is 2.29 bits per heavy atom. The summed E-state index contributed by atoms with van der Waals surface area (Å²) >= 11 is 2.76. The molecule has 0 spiro atoms. The minimum atomic E-state index is -1.14. The van der Waals surface area contributed by atoms with Crippen LogP contribution in [0.4, 0.5) is 0 Å². The topological polar surface area (TPSA) is 139 Å². The van der Waals surface area contributed by atoms with Crippen LogP contribution in [0.15, 0.2) is 56.1 Å². The van der Waals surface area contributed by atoms with Gasteiger partial charge in [-0.3, -0.25) is 9.59 Å². The number of hydrogen-bond donors (Lipinski definition) is 3. The van der Waals surface area contributed by atoms with Crippen molar-refractivity contribution in [2.75, 3.05) is 17.8 Å². The maximum atomic E-state index is 13.0. The standard InChI is InChI=1S/C31H34N2O7S2/c1-17-19(3)39-26-13-27-23(12-22(17)26)18(2)21(31(38)40-27)10-11-28(34)32-24(15-41-4)29(35)33-25(30(36)37)16-42-14-20-8-6-5-7-9-20/h5-9,12-13,24-25H,10-11,14-16H2,1-4H3,(H,32,34)(H,33,35)(H,36,37). The van der Waals surface area contributed by atoms with Crippen LogP contribution in [-0.2, 0) is 26.6 Å². The van der Waals surface area contributed by atoms with E-state index in [1.54, 1.807) is 12.3 Å². The second-order valence-corrected chi connectivity index (χ2v) is 12.0. The minimum absolute atomic E-state index is 0.0450. The van der Waals surface area contributed by atoms with Gasteiger partial charge in [0.1, 0.15) is 29.0 Å². The molecule has 42 heavy (non-hydrogen) atoms. The van der Waals surface area contributed by atoms with E-state index < -0.39 is 35.5 Å². The predicted octanol–water partition coefficient (Wildman–Crippen LogP) is 4.75. The second-order valence-electron chi connectivity index (χ2n) is 10.1. The van der Waals surface area contributed by atoms with Crippen LogP contribution in [0.2, 0.25) is 0 Å². The molecular formula is C31H34N2O7S2. The first-order chi connectivity index (χ1) is 20.1. The van der Waals surface area contributed by atoms with Crippen molar-refractivity contribution in [1.82, 2.24) is 10.6 Å². The Morgan fingerprint density at radius 2 is 1.60 bits per heavy atom. The molecule has 2 aromatic heterocycles. The summed E-state index contributed by atoms with van der Waals surface area (Å²) < 4.78 is 11.3. The monoisotopic (exact) mass is 610 g/mol. The molecule has 0 saturated heterocycles. The fourth-order valence-corrected chi connectivity index (χ4v) is 6.26. The Kier molecular flexibility index (Phi) is 10.4. The highest BCUT2D eigenvalue weighted by atomic mass is 32.2. The molecule has 0 aliphatic carbocycles. The summed E-state index contributed by atoms with van der Waals surface area (Å²) in [6.07, 6.45) is 1.87. The molecule has 0 bridgehead atoms. The molecule has 0 fully saturated rings. The smallest absolute Gasteiger partial charge is 0.339 e. The van der Waals surface area contributed by atoms with E-state index in [0.717, 1.165) is 33.2 Å². The zero-order valence-electron chi connectivity index (χ0n) is 23.9. The van der Waals surface area contributed by atoms with Gasteiger partial charge in [0.25, 0.3) is 0 Å². The molecule has 9 nitrogen and oxygen atoms in total. The first-order valence-corrected chi connectivity index (χ1v) is 16.0. The zero-order chi connectivity index (χ0) is 30.4. The maximum absolute atomic E-state index is 13.0. The molecule has 2 amide bonds. The fraction of sp³-hybridized carbons (Fsp3) is 0.355. The van der Waals surface area contributed by atoms with Gasteiger partial charge < -0.3 is 24.6 Å². The molecule has 0 aliphatic rings. The normalized spacial score (nSPS) is 12.8. The van der Waals surface area contributed by atoms with Gasteiger partial charge in [0, 0.05) is 46.1 Å². The van der Waals surface area contributed by atoms with Crippen molar-refractivity contribution in [2.45, 2.75) is 51.4 Å². The largest absolute Gasteiger partial charge is 0.480 e. The number of rotatable bonds is 13. The maximum Gasteiger partial charge on any atom is 0.339 e. The van der Waals surface area contributed by atoms with Crippen LogP contribution in [0, 0.1) is 20.8 Å². The van der Waals surface area contributed by atoms with Crippen LogP contribution in [0.3, 0.4) is 0 Å². The van der Waals surface area contributed by atoms with Crippen molar-refractivity contribution in [3.8, 4) is 0 Å². The Bertz CT molecular complexity index is 1660. The summed E-state index contributed by atoms with van der Waals surface area (Å²) in [4.78, 5) is 50.5. The summed E-state index contributed by atoms with van der Waals surface area (Å²) in [5, 5.41) is 16.6. The molecular weight excluding hydrogens is 576 g/mol. The van der Waals surface area contributed by atoms with E-state index in [-0.39, 0.29) is 24.3 Å². The SMILES string of the molecule is CSCC(NC(=O)CCc1c(C)c2cc3c(C)c(C)oc3cc2oc1=O)C(=O)NC(CSCc1ccccc1)C(=O)O. The van der Waals surface area contributed by atoms with Gasteiger partial charge in [-0.1, -0.05) is 30.3 Å². The van der Waals surface area contributed by atoms with Gasteiger partial charge in [0.05, 0.1) is 0 Å². The molecule has 2 unspecified atom stereocenters. The Labute approximate surface area is 251 Å². The average Bonchev–Trinajstić information content (AvgIpc) is 3.23. The number of fused-ring (bicyclic) bond motifs is 2. The number of carbonyl (C=O) groups is 3. The molecule has 2 heterocycles. The van der Waals surface area contributed by atoms with Gasteiger partial charge >= 0.3 is 11.6 Å². The van der Waals surface area contributed by atoms with Crippen molar-refractivity contribution >= 4 is 63.2 Å². The molecule has 11 heteroatoms. The third-order valence-electron chi connectivity index (χ3n) is 7.18. The number of thioether (sulfide) groups is 2. The van der Waals surface area contributed by atoms with E-state index in [1.807, 2.05) is 57.2 Å². The van der Waals surface area contributed by atoms with Crippen molar-refractivity contribution in [3.63, 3.8) is 0 Å². The van der Waals surface area contributed by atoms with Gasteiger partial charge in [0.15, 0.2) is 0 Å². The number of benzene rings is 2. The molecule has 3 N–H and O–H groups in total. The highest BCUT2D eigenvalue weighted by molar-refractivity contribution is 7.98. The summed E-state index contributed by atoms with van der Waals surface area (Å²) in [5.41, 5.74) is 3.72. The van der Waals surface area contributed by atoms with Crippen LogP contribution >= 0.6 is 23.5 Å². The minimum Gasteiger partial charge on any atom is -0.480 e. The number of carboxylic acids is 1. The van der Waals surface area contributed by atoms with Gasteiger partial charge in [0.2, 0.25) is 11.8 Å². The highest BCUT2D eigenvalue weighted by Gasteiger charge is 2.26. The molecule has 2 aromatic carbocycles. The van der Waals surface area contributed by atoms with Crippen molar-refractivity contribution in [1.29, 1.82) is 0 Å². The van der Waals surface area contributed by atoms with E-state index in [4.69, 9.17) is 8.83 Å². The summed E-state index contributed by atoms with van der Waals surface area (Å²) in [7, 11) is 0. The lowest BCUT2D eigenvalue weighted by Gasteiger charge is -2.21. The molecule has 0 saturated carbocycles. The van der Waals surface area contributed by atoms with Gasteiger partial charge in [-0.25, -0.2) is 9.59 Å². The third kappa shape index (κ3) is 7.38. The van der Waals surface area contributed by atoms with Gasteiger partial charge in [-0.05, 0) is 56.2 Å². The van der Waals surface area contributed by atoms with Crippen molar-refractivity contribution in [3.05, 3.63) is 80.9 Å². The average molecular weight is 611 g/mol. The molecule has 4 rings (SSSR count). The van der Waals surface area contributed by atoms with E-state index in [1.165, 1.54) is 23.5 Å². The molecule has 0 aliphatic heterocycles. The van der Waals surface area contributed by atoms with Crippen molar-refractivity contribution in [2.24, 2.45) is 0 Å². The quantitative estimate of drug-likeness (QED) is 0.183.